The lowest BCUT2D eigenvalue weighted by Gasteiger charge is -2.44. The number of aliphatic carboxylic acids is 1. The van der Waals surface area contributed by atoms with Crippen LogP contribution < -0.4 is 0 Å². The van der Waals surface area contributed by atoms with Gasteiger partial charge in [-0.25, -0.2) is 9.59 Å². The predicted octanol–water partition coefficient (Wildman–Crippen LogP) is 0.543. The number of hydrogen-bond acceptors (Lipinski definition) is 4. The van der Waals surface area contributed by atoms with Crippen molar-refractivity contribution in [3.63, 3.8) is 0 Å². The van der Waals surface area contributed by atoms with Gasteiger partial charge in [0.25, 0.3) is 0 Å². The van der Waals surface area contributed by atoms with Gasteiger partial charge in [0.15, 0.2) is 5.82 Å². The number of amides is 2. The zero-order chi connectivity index (χ0) is 15.0. The number of piperidine rings is 1. The van der Waals surface area contributed by atoms with Crippen molar-refractivity contribution in [3.05, 3.63) is 12.2 Å². The van der Waals surface area contributed by atoms with Crippen molar-refractivity contribution in [2.45, 2.75) is 44.8 Å². The van der Waals surface area contributed by atoms with Crippen molar-refractivity contribution >= 4 is 12.0 Å². The Morgan fingerprint density at radius 2 is 2.10 bits per heavy atom. The monoisotopic (exact) mass is 293 g/mol. The third kappa shape index (κ3) is 2.24. The summed E-state index contributed by atoms with van der Waals surface area (Å²) in [6, 6.07) is -0.214. The number of hydrogen-bond donors (Lipinski definition) is 1. The topological polar surface area (TPSA) is 91.6 Å². The standard InChI is InChI=1S/C13H19N5O3/c1-13(11(19)20)4-2-3-5-18(13)12(21)16-6-7-17-9-14-15-10(17)8-16/h9H,2-8H2,1H3,(H,19,20). The minimum atomic E-state index is -1.11. The Bertz CT molecular complexity index is 572. The highest BCUT2D eigenvalue weighted by Gasteiger charge is 2.45. The van der Waals surface area contributed by atoms with E-state index in [4.69, 9.17) is 0 Å². The molecule has 1 aromatic rings. The number of fused-ring (bicyclic) bond motifs is 1. The number of rotatable bonds is 1. The van der Waals surface area contributed by atoms with Crippen LogP contribution in [0.1, 0.15) is 32.0 Å². The molecule has 0 saturated carbocycles. The number of likely N-dealkylation sites (tertiary alicyclic amines) is 1. The summed E-state index contributed by atoms with van der Waals surface area (Å²) < 4.78 is 1.91. The van der Waals surface area contributed by atoms with E-state index in [2.05, 4.69) is 10.2 Å². The smallest absolute Gasteiger partial charge is 0.329 e. The van der Waals surface area contributed by atoms with Gasteiger partial charge >= 0.3 is 12.0 Å². The number of nitrogens with zero attached hydrogens (tertiary/aromatic N) is 5. The van der Waals surface area contributed by atoms with Crippen molar-refractivity contribution in [2.75, 3.05) is 13.1 Å². The maximum atomic E-state index is 12.7. The van der Waals surface area contributed by atoms with Crippen molar-refractivity contribution in [1.82, 2.24) is 24.6 Å². The van der Waals surface area contributed by atoms with E-state index < -0.39 is 11.5 Å². The van der Waals surface area contributed by atoms with E-state index in [1.165, 1.54) is 4.90 Å². The molecule has 1 atom stereocenters. The zero-order valence-corrected chi connectivity index (χ0v) is 12.0. The SMILES string of the molecule is CC1(C(=O)O)CCCCN1C(=O)N1CCn2cnnc2C1. The molecule has 0 bridgehead atoms. The summed E-state index contributed by atoms with van der Waals surface area (Å²) in [5.74, 6) is -0.195. The number of carbonyl (C=O) groups excluding carboxylic acids is 1. The van der Waals surface area contributed by atoms with Gasteiger partial charge in [0.1, 0.15) is 11.9 Å². The van der Waals surface area contributed by atoms with Gasteiger partial charge < -0.3 is 19.5 Å². The summed E-state index contributed by atoms with van der Waals surface area (Å²) >= 11 is 0. The average Bonchev–Trinajstić information content (AvgIpc) is 2.94. The van der Waals surface area contributed by atoms with E-state index in [1.807, 2.05) is 4.57 Å². The predicted molar refractivity (Wildman–Crippen MR) is 72.4 cm³/mol. The Balaban J connectivity index is 1.80. The highest BCUT2D eigenvalue weighted by atomic mass is 16.4. The minimum Gasteiger partial charge on any atom is -0.480 e. The van der Waals surface area contributed by atoms with Crippen LogP contribution in [0.4, 0.5) is 4.79 Å². The molecule has 1 aromatic heterocycles. The lowest BCUT2D eigenvalue weighted by Crippen LogP contribution is -2.61. The average molecular weight is 293 g/mol. The molecule has 8 nitrogen and oxygen atoms in total. The molecular formula is C13H19N5O3. The third-order valence-electron chi connectivity index (χ3n) is 4.49. The van der Waals surface area contributed by atoms with Crippen LogP contribution in [0.25, 0.3) is 0 Å². The zero-order valence-electron chi connectivity index (χ0n) is 12.0. The van der Waals surface area contributed by atoms with Gasteiger partial charge in [0, 0.05) is 19.6 Å². The van der Waals surface area contributed by atoms with Crippen LogP contribution in [0.15, 0.2) is 6.33 Å². The molecule has 0 aliphatic carbocycles. The van der Waals surface area contributed by atoms with Crippen LogP contribution in [0, 0.1) is 0 Å². The second-order valence-electron chi connectivity index (χ2n) is 5.83. The van der Waals surface area contributed by atoms with Crippen LogP contribution in [0.3, 0.4) is 0 Å². The maximum Gasteiger partial charge on any atom is 0.329 e. The van der Waals surface area contributed by atoms with Crippen LogP contribution in [-0.4, -0.2) is 60.3 Å². The molecule has 0 aromatic carbocycles. The summed E-state index contributed by atoms with van der Waals surface area (Å²) in [5, 5.41) is 17.3. The van der Waals surface area contributed by atoms with Crippen molar-refractivity contribution < 1.29 is 14.7 Å². The second kappa shape index (κ2) is 5.01. The van der Waals surface area contributed by atoms with Gasteiger partial charge in [-0.1, -0.05) is 0 Å². The molecule has 2 amide bonds. The lowest BCUT2D eigenvalue weighted by atomic mass is 9.89. The van der Waals surface area contributed by atoms with Crippen molar-refractivity contribution in [1.29, 1.82) is 0 Å². The van der Waals surface area contributed by atoms with Gasteiger partial charge in [0.2, 0.25) is 0 Å². The first-order valence-electron chi connectivity index (χ1n) is 7.19. The Kier molecular flexibility index (Phi) is 3.30. The fourth-order valence-electron chi connectivity index (χ4n) is 3.05. The molecule has 1 saturated heterocycles. The molecule has 0 radical (unpaired) electrons. The first-order valence-corrected chi connectivity index (χ1v) is 7.19. The molecule has 3 rings (SSSR count). The van der Waals surface area contributed by atoms with Gasteiger partial charge in [-0.05, 0) is 26.2 Å². The Morgan fingerprint density at radius 3 is 2.86 bits per heavy atom. The first kappa shape index (κ1) is 13.8. The second-order valence-corrected chi connectivity index (χ2v) is 5.83. The third-order valence-corrected chi connectivity index (χ3v) is 4.49. The minimum absolute atomic E-state index is 0.214. The molecule has 1 fully saturated rings. The van der Waals surface area contributed by atoms with Crippen LogP contribution in [0.2, 0.25) is 0 Å². The highest BCUT2D eigenvalue weighted by Crippen LogP contribution is 2.30. The molecule has 3 heterocycles. The number of carboxylic acid groups (broad SMARTS) is 1. The van der Waals surface area contributed by atoms with Gasteiger partial charge in [0.05, 0.1) is 6.54 Å². The molecule has 1 unspecified atom stereocenters. The summed E-state index contributed by atoms with van der Waals surface area (Å²) in [4.78, 5) is 27.5. The Labute approximate surface area is 122 Å². The van der Waals surface area contributed by atoms with E-state index in [0.29, 0.717) is 32.6 Å². The Morgan fingerprint density at radius 1 is 1.29 bits per heavy atom. The lowest BCUT2D eigenvalue weighted by molar-refractivity contribution is -0.150. The molecule has 114 valence electrons. The molecule has 2 aliphatic rings. The van der Waals surface area contributed by atoms with Crippen LogP contribution in [0.5, 0.6) is 0 Å². The quantitative estimate of drug-likeness (QED) is 0.816. The van der Waals surface area contributed by atoms with Crippen LogP contribution >= 0.6 is 0 Å². The fraction of sp³-hybridized carbons (Fsp3) is 0.692. The highest BCUT2D eigenvalue weighted by molar-refractivity contribution is 5.86. The van der Waals surface area contributed by atoms with Crippen molar-refractivity contribution in [3.8, 4) is 0 Å². The summed E-state index contributed by atoms with van der Waals surface area (Å²) in [7, 11) is 0. The fourth-order valence-corrected chi connectivity index (χ4v) is 3.05. The van der Waals surface area contributed by atoms with E-state index in [1.54, 1.807) is 18.2 Å². The summed E-state index contributed by atoms with van der Waals surface area (Å²) in [5.41, 5.74) is -1.11. The molecule has 0 spiro atoms. The van der Waals surface area contributed by atoms with Gasteiger partial charge in [-0.3, -0.25) is 0 Å². The first-order chi connectivity index (χ1) is 10.0. The molecule has 1 N–H and O–H groups in total. The normalized spacial score (nSPS) is 25.6. The number of urea groups is 1. The molecular weight excluding hydrogens is 274 g/mol. The summed E-state index contributed by atoms with van der Waals surface area (Å²) in [6.45, 7) is 3.70. The van der Waals surface area contributed by atoms with E-state index >= 15 is 0 Å². The largest absolute Gasteiger partial charge is 0.480 e. The number of aromatic nitrogens is 3. The van der Waals surface area contributed by atoms with E-state index in [-0.39, 0.29) is 6.03 Å². The van der Waals surface area contributed by atoms with Crippen molar-refractivity contribution in [2.24, 2.45) is 0 Å². The number of carbonyl (C=O) groups is 2. The van der Waals surface area contributed by atoms with Gasteiger partial charge in [-0.15, -0.1) is 10.2 Å². The van der Waals surface area contributed by atoms with Crippen LogP contribution in [-0.2, 0) is 17.9 Å². The Hall–Kier alpha value is -2.12. The molecule has 8 heteroatoms. The van der Waals surface area contributed by atoms with Gasteiger partial charge in [-0.2, -0.15) is 0 Å². The molecule has 2 aliphatic heterocycles. The number of carboxylic acids is 1. The summed E-state index contributed by atoms with van der Waals surface area (Å²) in [6.07, 6.45) is 3.83. The van der Waals surface area contributed by atoms with E-state index in [9.17, 15) is 14.7 Å². The maximum absolute atomic E-state index is 12.7. The molecule has 21 heavy (non-hydrogen) atoms. The van der Waals surface area contributed by atoms with E-state index in [0.717, 1.165) is 18.7 Å².